The second-order valence-corrected chi connectivity index (χ2v) is 5.12. The van der Waals surface area contributed by atoms with Crippen LogP contribution in [0.15, 0.2) is 23.4 Å². The Morgan fingerprint density at radius 3 is 2.72 bits per heavy atom. The fourth-order valence-corrected chi connectivity index (χ4v) is 2.30. The van der Waals surface area contributed by atoms with Crippen LogP contribution in [0.2, 0.25) is 0 Å². The quantitative estimate of drug-likeness (QED) is 0.860. The van der Waals surface area contributed by atoms with E-state index in [0.717, 1.165) is 17.9 Å². The van der Waals surface area contributed by atoms with E-state index in [0.29, 0.717) is 0 Å². The van der Waals surface area contributed by atoms with Gasteiger partial charge in [0, 0.05) is 35.9 Å². The van der Waals surface area contributed by atoms with E-state index in [-0.39, 0.29) is 0 Å². The van der Waals surface area contributed by atoms with Crippen molar-refractivity contribution in [2.45, 2.75) is 25.3 Å². The molecule has 0 unspecified atom stereocenters. The Morgan fingerprint density at radius 2 is 2.11 bits per heavy atom. The smallest absolute Gasteiger partial charge is 0.0646 e. The van der Waals surface area contributed by atoms with E-state index >= 15 is 0 Å². The molecule has 0 saturated carbocycles. The molecule has 0 fully saturated rings. The van der Waals surface area contributed by atoms with Gasteiger partial charge in [0.05, 0.1) is 17.6 Å². The van der Waals surface area contributed by atoms with Crippen LogP contribution in [0.3, 0.4) is 0 Å². The highest BCUT2D eigenvalue weighted by molar-refractivity contribution is 7.98. The third-order valence-electron chi connectivity index (χ3n) is 3.08. The molecule has 96 valence electrons. The fraction of sp³-hybridized carbons (Fsp3) is 0.385. The lowest BCUT2D eigenvalue weighted by Crippen LogP contribution is -2.02. The summed E-state index contributed by atoms with van der Waals surface area (Å²) in [6.45, 7) is 4.92. The van der Waals surface area contributed by atoms with Gasteiger partial charge in [0.25, 0.3) is 0 Å². The number of nitrogens with one attached hydrogen (secondary N) is 1. The summed E-state index contributed by atoms with van der Waals surface area (Å²) in [4.78, 5) is 5.38. The third-order valence-corrected chi connectivity index (χ3v) is 3.77. The van der Waals surface area contributed by atoms with Gasteiger partial charge in [-0.3, -0.25) is 9.67 Å². The van der Waals surface area contributed by atoms with Crippen molar-refractivity contribution in [3.05, 3.63) is 35.4 Å². The molecule has 0 aromatic carbocycles. The normalized spacial score (nSPS) is 10.7. The number of rotatable bonds is 4. The van der Waals surface area contributed by atoms with Crippen LogP contribution in [0, 0.1) is 13.8 Å². The molecule has 18 heavy (non-hydrogen) atoms. The first-order valence-corrected chi connectivity index (χ1v) is 7.06. The van der Waals surface area contributed by atoms with Crippen LogP contribution in [-0.4, -0.2) is 21.0 Å². The molecule has 4 nitrogen and oxygen atoms in total. The molecule has 0 aliphatic carbocycles. The Balaban J connectivity index is 2.11. The fourth-order valence-electron chi connectivity index (χ4n) is 1.89. The monoisotopic (exact) mass is 262 g/mol. The number of hydrogen-bond acceptors (Lipinski definition) is 4. The predicted molar refractivity (Wildman–Crippen MR) is 76.0 cm³/mol. The summed E-state index contributed by atoms with van der Waals surface area (Å²) in [5.41, 5.74) is 4.59. The van der Waals surface area contributed by atoms with Gasteiger partial charge >= 0.3 is 0 Å². The van der Waals surface area contributed by atoms with Gasteiger partial charge in [0.2, 0.25) is 0 Å². The topological polar surface area (TPSA) is 42.7 Å². The van der Waals surface area contributed by atoms with Crippen LogP contribution in [-0.2, 0) is 13.6 Å². The molecular formula is C13H18N4S. The highest BCUT2D eigenvalue weighted by Crippen LogP contribution is 2.19. The lowest BCUT2D eigenvalue weighted by Gasteiger charge is -2.07. The van der Waals surface area contributed by atoms with E-state index in [1.165, 1.54) is 16.2 Å². The van der Waals surface area contributed by atoms with Gasteiger partial charge in [0.15, 0.2) is 0 Å². The molecule has 2 heterocycles. The first-order chi connectivity index (χ1) is 8.61. The molecule has 0 aliphatic rings. The lowest BCUT2D eigenvalue weighted by atomic mass is 10.2. The number of hydrogen-bond donors (Lipinski definition) is 1. The standard InChI is InChI=1S/C13H18N4S/c1-9-13(10(2)17(3)16-9)8-15-11-5-12(18-4)7-14-6-11/h5-7,15H,8H2,1-4H3. The predicted octanol–water partition coefficient (Wildman–Crippen LogP) is 2.77. The summed E-state index contributed by atoms with van der Waals surface area (Å²) in [7, 11) is 1.97. The van der Waals surface area contributed by atoms with Crippen molar-refractivity contribution >= 4 is 17.4 Å². The Hall–Kier alpha value is -1.49. The van der Waals surface area contributed by atoms with E-state index in [1.54, 1.807) is 11.8 Å². The second-order valence-electron chi connectivity index (χ2n) is 4.24. The number of nitrogens with zero attached hydrogens (tertiary/aromatic N) is 3. The van der Waals surface area contributed by atoms with Gasteiger partial charge in [-0.1, -0.05) is 0 Å². The van der Waals surface area contributed by atoms with Crippen LogP contribution in [0.4, 0.5) is 5.69 Å². The van der Waals surface area contributed by atoms with Crippen LogP contribution < -0.4 is 5.32 Å². The van der Waals surface area contributed by atoms with Gasteiger partial charge in [-0.15, -0.1) is 11.8 Å². The summed E-state index contributed by atoms with van der Waals surface area (Å²) in [6.07, 6.45) is 5.77. The minimum absolute atomic E-state index is 0.783. The van der Waals surface area contributed by atoms with E-state index < -0.39 is 0 Å². The Bertz CT molecular complexity index is 548. The molecular weight excluding hydrogens is 244 g/mol. The largest absolute Gasteiger partial charge is 0.380 e. The van der Waals surface area contributed by atoms with E-state index in [2.05, 4.69) is 34.6 Å². The van der Waals surface area contributed by atoms with E-state index in [9.17, 15) is 0 Å². The highest BCUT2D eigenvalue weighted by atomic mass is 32.2. The minimum Gasteiger partial charge on any atom is -0.380 e. The van der Waals surface area contributed by atoms with Crippen molar-refractivity contribution in [2.24, 2.45) is 7.05 Å². The molecule has 2 aromatic rings. The van der Waals surface area contributed by atoms with E-state index in [1.807, 2.05) is 31.0 Å². The zero-order valence-corrected chi connectivity index (χ0v) is 12.0. The van der Waals surface area contributed by atoms with Crippen molar-refractivity contribution in [3.63, 3.8) is 0 Å². The van der Waals surface area contributed by atoms with Crippen LogP contribution >= 0.6 is 11.8 Å². The molecule has 2 aromatic heterocycles. The minimum atomic E-state index is 0.783. The number of anilines is 1. The van der Waals surface area contributed by atoms with Crippen molar-refractivity contribution < 1.29 is 0 Å². The van der Waals surface area contributed by atoms with Crippen molar-refractivity contribution in [1.29, 1.82) is 0 Å². The van der Waals surface area contributed by atoms with E-state index in [4.69, 9.17) is 0 Å². The average molecular weight is 262 g/mol. The van der Waals surface area contributed by atoms with Gasteiger partial charge in [0.1, 0.15) is 0 Å². The van der Waals surface area contributed by atoms with Gasteiger partial charge < -0.3 is 5.32 Å². The van der Waals surface area contributed by atoms with Gasteiger partial charge in [-0.25, -0.2) is 0 Å². The maximum Gasteiger partial charge on any atom is 0.0646 e. The molecule has 5 heteroatoms. The Kier molecular flexibility index (Phi) is 3.91. The average Bonchev–Trinajstić information content (AvgIpc) is 2.61. The maximum absolute atomic E-state index is 4.41. The zero-order chi connectivity index (χ0) is 13.1. The molecule has 0 saturated heterocycles. The first kappa shape index (κ1) is 13.0. The Labute approximate surface area is 112 Å². The Morgan fingerprint density at radius 1 is 1.33 bits per heavy atom. The first-order valence-electron chi connectivity index (χ1n) is 5.84. The summed E-state index contributed by atoms with van der Waals surface area (Å²) in [5.74, 6) is 0. The lowest BCUT2D eigenvalue weighted by molar-refractivity contribution is 0.730. The van der Waals surface area contributed by atoms with Crippen LogP contribution in [0.25, 0.3) is 0 Å². The molecule has 0 bridgehead atoms. The number of aryl methyl sites for hydroxylation is 2. The summed E-state index contributed by atoms with van der Waals surface area (Å²) < 4.78 is 1.92. The third kappa shape index (κ3) is 2.67. The SMILES string of the molecule is CSc1cncc(NCc2c(C)nn(C)c2C)c1. The van der Waals surface area contributed by atoms with Crippen molar-refractivity contribution in [3.8, 4) is 0 Å². The molecule has 0 aliphatic heterocycles. The molecule has 1 N–H and O–H groups in total. The molecule has 2 rings (SSSR count). The number of aromatic nitrogens is 3. The van der Waals surface area contributed by atoms with Gasteiger partial charge in [-0.2, -0.15) is 5.10 Å². The summed E-state index contributed by atoms with van der Waals surface area (Å²) >= 11 is 1.70. The highest BCUT2D eigenvalue weighted by Gasteiger charge is 2.08. The summed E-state index contributed by atoms with van der Waals surface area (Å²) in [6, 6.07) is 2.11. The molecule has 0 radical (unpaired) electrons. The zero-order valence-electron chi connectivity index (χ0n) is 11.2. The van der Waals surface area contributed by atoms with Crippen molar-refractivity contribution in [1.82, 2.24) is 14.8 Å². The van der Waals surface area contributed by atoms with Crippen LogP contribution in [0.5, 0.6) is 0 Å². The molecule has 0 spiro atoms. The van der Waals surface area contributed by atoms with Crippen molar-refractivity contribution in [2.75, 3.05) is 11.6 Å². The maximum atomic E-state index is 4.41. The number of thioether (sulfide) groups is 1. The van der Waals surface area contributed by atoms with Crippen LogP contribution in [0.1, 0.15) is 17.0 Å². The second kappa shape index (κ2) is 5.44. The number of pyridine rings is 1. The summed E-state index contributed by atoms with van der Waals surface area (Å²) in [5, 5.41) is 7.82. The molecule has 0 atom stereocenters. The van der Waals surface area contributed by atoms with Gasteiger partial charge in [-0.05, 0) is 26.2 Å². The molecule has 0 amide bonds.